The van der Waals surface area contributed by atoms with Gasteiger partial charge in [0.2, 0.25) is 0 Å². The first-order chi connectivity index (χ1) is 17.5. The molecule has 4 heteroatoms. The molecule has 0 N–H and O–H groups in total. The molecule has 0 saturated heterocycles. The molecule has 3 heterocycles. The number of nitrogens with zero attached hydrogens (tertiary/aromatic N) is 2. The Kier molecular flexibility index (Phi) is 1.89. The fourth-order valence-electron chi connectivity index (χ4n) is 5.23. The van der Waals surface area contributed by atoms with Gasteiger partial charge in [-0.2, -0.15) is 0 Å². The topological polar surface area (TPSA) is 26.9 Å². The second-order valence-corrected chi connectivity index (χ2v) is 8.51. The lowest BCUT2D eigenvalue weighted by Crippen LogP contribution is -2.58. The zero-order valence-electron chi connectivity index (χ0n) is 23.3. The Balaban J connectivity index is 1.77. The SMILES string of the molecule is [2H]c1c([2H])c([2H])c2c(c1[2H])B1c3c(c([2H])c([2H])c([2H])c3C2(C)C)-n2c3cc4ccccc4cc3c(=O)n21. The minimum atomic E-state index is -1.07. The standard InChI is InChI=1S/C26H19BN2O/c1-26(2)19-10-5-6-12-21(19)27-24-20(26)11-7-13-22(24)28-23-15-17-9-4-3-8-16(17)14-18(23)25(30)29(27)28/h3-15H,1-2H3/i5D,6D,7D,10D,11D,12D,13D. The molecule has 2 aliphatic heterocycles. The molecule has 0 bridgehead atoms. The molecule has 0 unspecified atom stereocenters. The normalized spacial score (nSPS) is 18.6. The first-order valence-corrected chi connectivity index (χ1v) is 9.89. The number of rotatable bonds is 0. The van der Waals surface area contributed by atoms with Crippen molar-refractivity contribution < 1.29 is 9.60 Å². The van der Waals surface area contributed by atoms with Crippen LogP contribution in [0.4, 0.5) is 0 Å². The van der Waals surface area contributed by atoms with Crippen LogP contribution in [0.2, 0.25) is 0 Å². The molecule has 2 aliphatic rings. The fourth-order valence-corrected chi connectivity index (χ4v) is 5.23. The molecule has 5 aromatic rings. The molecule has 0 spiro atoms. The van der Waals surface area contributed by atoms with Gasteiger partial charge < -0.3 is 0 Å². The van der Waals surface area contributed by atoms with Crippen molar-refractivity contribution in [1.29, 1.82) is 0 Å². The van der Waals surface area contributed by atoms with Gasteiger partial charge in [-0.25, -0.2) is 0 Å². The van der Waals surface area contributed by atoms with Gasteiger partial charge in [-0.15, -0.1) is 0 Å². The summed E-state index contributed by atoms with van der Waals surface area (Å²) in [6, 6.07) is 9.42. The van der Waals surface area contributed by atoms with E-state index in [-0.39, 0.29) is 47.3 Å². The minimum absolute atomic E-state index is 0.162. The Morgan fingerprint density at radius 1 is 0.933 bits per heavy atom. The molecule has 1 aromatic heterocycles. The van der Waals surface area contributed by atoms with Crippen LogP contribution in [0, 0.1) is 0 Å². The molecule has 0 atom stereocenters. The summed E-state index contributed by atoms with van der Waals surface area (Å²) in [6.07, 6.45) is 0. The van der Waals surface area contributed by atoms with Crippen LogP contribution in [0.1, 0.15) is 34.6 Å². The average molecular weight is 393 g/mol. The maximum absolute atomic E-state index is 14.0. The molecular weight excluding hydrogens is 367 g/mol. The van der Waals surface area contributed by atoms with E-state index in [4.69, 9.17) is 9.60 Å². The molecular formula is C26H19BN2O. The minimum Gasteiger partial charge on any atom is -0.281 e. The van der Waals surface area contributed by atoms with Gasteiger partial charge in [-0.05, 0) is 51.0 Å². The first kappa shape index (κ1) is 11.0. The van der Waals surface area contributed by atoms with E-state index in [0.29, 0.717) is 33.2 Å². The monoisotopic (exact) mass is 393 g/mol. The maximum Gasteiger partial charge on any atom is 0.354 e. The highest BCUT2D eigenvalue weighted by molar-refractivity contribution is 6.86. The van der Waals surface area contributed by atoms with E-state index in [1.54, 1.807) is 24.6 Å². The van der Waals surface area contributed by atoms with E-state index in [0.717, 1.165) is 10.8 Å². The zero-order chi connectivity index (χ0) is 26.3. The fraction of sp³-hybridized carbons (Fsp3) is 0.115. The lowest BCUT2D eigenvalue weighted by molar-refractivity contribution is 0.646. The molecule has 4 aromatic carbocycles. The Morgan fingerprint density at radius 3 is 2.50 bits per heavy atom. The van der Waals surface area contributed by atoms with Crippen molar-refractivity contribution in [3.8, 4) is 5.69 Å². The summed E-state index contributed by atoms with van der Waals surface area (Å²) < 4.78 is 63.8. The Hall–Kier alpha value is -3.53. The highest BCUT2D eigenvalue weighted by atomic mass is 16.1. The predicted octanol–water partition coefficient (Wildman–Crippen LogP) is 3.55. The summed E-state index contributed by atoms with van der Waals surface area (Å²) in [4.78, 5) is 14.0. The van der Waals surface area contributed by atoms with Crippen LogP contribution >= 0.6 is 0 Å². The van der Waals surface area contributed by atoms with Crippen molar-refractivity contribution in [2.45, 2.75) is 19.3 Å². The summed E-state index contributed by atoms with van der Waals surface area (Å²) in [5.41, 5.74) is 0.918. The van der Waals surface area contributed by atoms with Crippen LogP contribution in [0.5, 0.6) is 0 Å². The van der Waals surface area contributed by atoms with Crippen LogP contribution in [-0.2, 0) is 5.41 Å². The van der Waals surface area contributed by atoms with Crippen molar-refractivity contribution >= 4 is 39.4 Å². The number of fused-ring (bicyclic) bond motifs is 8. The van der Waals surface area contributed by atoms with Crippen LogP contribution in [0.15, 0.2) is 83.5 Å². The van der Waals surface area contributed by atoms with Gasteiger partial charge in [-0.3, -0.25) is 14.1 Å². The summed E-state index contributed by atoms with van der Waals surface area (Å²) in [7, 11) is 0. The Morgan fingerprint density at radius 2 is 1.67 bits per heavy atom. The van der Waals surface area contributed by atoms with E-state index in [2.05, 4.69) is 0 Å². The molecule has 0 saturated carbocycles. The molecule has 7 rings (SSSR count). The first-order valence-electron chi connectivity index (χ1n) is 13.4. The lowest BCUT2D eigenvalue weighted by atomic mass is 9.42. The molecule has 0 fully saturated rings. The van der Waals surface area contributed by atoms with Gasteiger partial charge in [0.15, 0.2) is 0 Å². The van der Waals surface area contributed by atoms with Crippen LogP contribution < -0.4 is 16.5 Å². The number of benzene rings is 4. The van der Waals surface area contributed by atoms with Crippen LogP contribution in [0.25, 0.3) is 27.4 Å². The van der Waals surface area contributed by atoms with Crippen molar-refractivity contribution in [3.63, 3.8) is 0 Å². The van der Waals surface area contributed by atoms with Crippen LogP contribution in [0.3, 0.4) is 0 Å². The predicted molar refractivity (Wildman–Crippen MR) is 124 cm³/mol. The molecule has 0 radical (unpaired) electrons. The third-order valence-corrected chi connectivity index (χ3v) is 6.61. The van der Waals surface area contributed by atoms with Crippen molar-refractivity contribution in [2.75, 3.05) is 0 Å². The largest absolute Gasteiger partial charge is 0.354 e. The van der Waals surface area contributed by atoms with E-state index in [1.165, 1.54) is 4.59 Å². The van der Waals surface area contributed by atoms with Gasteiger partial charge in [0.1, 0.15) is 0 Å². The number of aromatic nitrogens is 2. The van der Waals surface area contributed by atoms with E-state index in [1.807, 2.05) is 30.3 Å². The van der Waals surface area contributed by atoms with Crippen molar-refractivity contribution in [1.82, 2.24) is 9.27 Å². The van der Waals surface area contributed by atoms with E-state index < -0.39 is 18.3 Å². The van der Waals surface area contributed by atoms with Gasteiger partial charge in [0.05, 0.1) is 26.2 Å². The highest BCUT2D eigenvalue weighted by Gasteiger charge is 2.47. The summed E-state index contributed by atoms with van der Waals surface area (Å²) in [6.45, 7) is 2.61. The summed E-state index contributed by atoms with van der Waals surface area (Å²) >= 11 is 0. The van der Waals surface area contributed by atoms with E-state index in [9.17, 15) is 4.79 Å². The van der Waals surface area contributed by atoms with Crippen molar-refractivity contribution in [2.24, 2.45) is 0 Å². The Bertz CT molecular complexity index is 1980. The molecule has 142 valence electrons. The average Bonchev–Trinajstić information content (AvgIpc) is 3.34. The molecule has 0 aliphatic carbocycles. The molecule has 3 nitrogen and oxygen atoms in total. The molecule has 30 heavy (non-hydrogen) atoms. The van der Waals surface area contributed by atoms with Crippen LogP contribution in [-0.4, -0.2) is 16.1 Å². The van der Waals surface area contributed by atoms with Gasteiger partial charge in [0, 0.05) is 5.41 Å². The van der Waals surface area contributed by atoms with Crippen molar-refractivity contribution in [3.05, 3.63) is 100 Å². The van der Waals surface area contributed by atoms with E-state index >= 15 is 0 Å². The summed E-state index contributed by atoms with van der Waals surface area (Å²) in [5, 5.41) is 2.19. The highest BCUT2D eigenvalue weighted by Crippen LogP contribution is 2.37. The number of hydrogen-bond donors (Lipinski definition) is 0. The lowest BCUT2D eigenvalue weighted by Gasteiger charge is -2.36. The Labute approximate surface area is 184 Å². The second-order valence-electron chi connectivity index (χ2n) is 8.51. The smallest absolute Gasteiger partial charge is 0.281 e. The third-order valence-electron chi connectivity index (χ3n) is 6.61. The molecule has 0 amide bonds. The number of hydrogen-bond acceptors (Lipinski definition) is 1. The van der Waals surface area contributed by atoms with Gasteiger partial charge in [0.25, 0.3) is 5.56 Å². The quantitative estimate of drug-likeness (QED) is 0.363. The zero-order valence-corrected chi connectivity index (χ0v) is 16.3. The second kappa shape index (κ2) is 5.14. The summed E-state index contributed by atoms with van der Waals surface area (Å²) in [5.74, 6) is 0. The van der Waals surface area contributed by atoms with Gasteiger partial charge in [-0.1, -0.05) is 74.4 Å². The maximum atomic E-state index is 14.0. The van der Waals surface area contributed by atoms with Gasteiger partial charge >= 0.3 is 6.85 Å². The third kappa shape index (κ3) is 1.72.